The van der Waals surface area contributed by atoms with Crippen LogP contribution < -0.4 is 4.74 Å². The first-order valence-electron chi connectivity index (χ1n) is 10.1. The number of morpholine rings is 1. The van der Waals surface area contributed by atoms with E-state index in [9.17, 15) is 14.0 Å². The van der Waals surface area contributed by atoms with Gasteiger partial charge in [-0.15, -0.1) is 0 Å². The maximum atomic E-state index is 13.0. The van der Waals surface area contributed by atoms with E-state index >= 15 is 0 Å². The van der Waals surface area contributed by atoms with E-state index < -0.39 is 0 Å². The number of hydrogen-bond acceptors (Lipinski definition) is 5. The molecule has 2 aromatic rings. The summed E-state index contributed by atoms with van der Waals surface area (Å²) in [6.45, 7) is 3.42. The molecule has 0 spiro atoms. The van der Waals surface area contributed by atoms with E-state index in [1.54, 1.807) is 28.1 Å². The van der Waals surface area contributed by atoms with Crippen molar-refractivity contribution in [3.05, 3.63) is 59.5 Å². The Morgan fingerprint density at radius 1 is 0.900 bits per heavy atom. The molecule has 0 bridgehead atoms. The highest BCUT2D eigenvalue weighted by molar-refractivity contribution is 5.94. The van der Waals surface area contributed by atoms with Gasteiger partial charge in [-0.1, -0.05) is 0 Å². The van der Waals surface area contributed by atoms with Gasteiger partial charge in [0, 0.05) is 56.8 Å². The lowest BCUT2D eigenvalue weighted by Gasteiger charge is -2.32. The number of piperidine rings is 1. The number of likely N-dealkylation sites (tertiary alicyclic amines) is 1. The van der Waals surface area contributed by atoms with Crippen molar-refractivity contribution >= 4 is 11.8 Å². The molecule has 158 valence electrons. The van der Waals surface area contributed by atoms with E-state index in [4.69, 9.17) is 9.47 Å². The number of hydrogen-bond donors (Lipinski definition) is 0. The zero-order chi connectivity index (χ0) is 20.9. The van der Waals surface area contributed by atoms with Crippen LogP contribution in [-0.2, 0) is 4.74 Å². The first kappa shape index (κ1) is 20.3. The topological polar surface area (TPSA) is 72.0 Å². The quantitative estimate of drug-likeness (QED) is 0.770. The molecule has 0 saturated carbocycles. The predicted molar refractivity (Wildman–Crippen MR) is 107 cm³/mol. The molecule has 0 radical (unpaired) electrons. The molecule has 2 saturated heterocycles. The molecule has 2 amide bonds. The van der Waals surface area contributed by atoms with Crippen molar-refractivity contribution in [1.29, 1.82) is 0 Å². The number of carbonyl (C=O) groups is 2. The Bertz CT molecular complexity index is 874. The highest BCUT2D eigenvalue weighted by Gasteiger charge is 2.25. The third kappa shape index (κ3) is 4.76. The van der Waals surface area contributed by atoms with Gasteiger partial charge in [0.25, 0.3) is 11.8 Å². The minimum Gasteiger partial charge on any atom is -0.474 e. The molecular formula is C22H24FN3O4. The van der Waals surface area contributed by atoms with Crippen molar-refractivity contribution in [2.75, 3.05) is 39.4 Å². The lowest BCUT2D eigenvalue weighted by atomic mass is 10.1. The molecule has 1 aromatic heterocycles. The fraction of sp³-hybridized carbons (Fsp3) is 0.409. The van der Waals surface area contributed by atoms with Crippen LogP contribution in [-0.4, -0.2) is 72.1 Å². The number of rotatable bonds is 4. The Hall–Kier alpha value is -3.00. The van der Waals surface area contributed by atoms with Crippen LogP contribution in [0.25, 0.3) is 0 Å². The number of aromatic nitrogens is 1. The molecule has 2 aliphatic heterocycles. The largest absolute Gasteiger partial charge is 0.474 e. The van der Waals surface area contributed by atoms with Crippen molar-refractivity contribution in [1.82, 2.24) is 14.8 Å². The third-order valence-electron chi connectivity index (χ3n) is 5.39. The van der Waals surface area contributed by atoms with Crippen LogP contribution in [0.1, 0.15) is 33.6 Å². The van der Waals surface area contributed by atoms with Crippen LogP contribution in [0.15, 0.2) is 42.6 Å². The van der Waals surface area contributed by atoms with Gasteiger partial charge in [0.2, 0.25) is 5.88 Å². The van der Waals surface area contributed by atoms with E-state index in [0.717, 1.165) is 0 Å². The smallest absolute Gasteiger partial charge is 0.255 e. The molecule has 4 rings (SSSR count). The molecule has 0 atom stereocenters. The molecule has 0 aliphatic carbocycles. The second kappa shape index (κ2) is 9.21. The average molecular weight is 413 g/mol. The average Bonchev–Trinajstić information content (AvgIpc) is 2.80. The molecule has 30 heavy (non-hydrogen) atoms. The molecule has 7 nitrogen and oxygen atoms in total. The third-order valence-corrected chi connectivity index (χ3v) is 5.39. The van der Waals surface area contributed by atoms with E-state index in [2.05, 4.69) is 4.98 Å². The van der Waals surface area contributed by atoms with E-state index in [0.29, 0.717) is 69.2 Å². The summed E-state index contributed by atoms with van der Waals surface area (Å²) in [5, 5.41) is 0. The van der Waals surface area contributed by atoms with Gasteiger partial charge < -0.3 is 19.3 Å². The van der Waals surface area contributed by atoms with Crippen LogP contribution in [0.4, 0.5) is 4.39 Å². The molecule has 1 aromatic carbocycles. The highest BCUT2D eigenvalue weighted by Crippen LogP contribution is 2.20. The van der Waals surface area contributed by atoms with Gasteiger partial charge in [-0.05, 0) is 30.3 Å². The summed E-state index contributed by atoms with van der Waals surface area (Å²) >= 11 is 0. The fourth-order valence-electron chi connectivity index (χ4n) is 3.65. The van der Waals surface area contributed by atoms with Crippen LogP contribution in [0, 0.1) is 5.82 Å². The van der Waals surface area contributed by atoms with E-state index in [-0.39, 0.29) is 23.7 Å². The Labute approximate surface area is 174 Å². The first-order chi connectivity index (χ1) is 14.6. The van der Waals surface area contributed by atoms with Gasteiger partial charge in [0.05, 0.1) is 18.8 Å². The summed E-state index contributed by atoms with van der Waals surface area (Å²) in [7, 11) is 0. The molecule has 0 unspecified atom stereocenters. The summed E-state index contributed by atoms with van der Waals surface area (Å²) in [6.07, 6.45) is 2.86. The molecule has 3 heterocycles. The summed E-state index contributed by atoms with van der Waals surface area (Å²) in [5.74, 6) is -0.0387. The van der Waals surface area contributed by atoms with Crippen molar-refractivity contribution in [2.24, 2.45) is 0 Å². The molecule has 8 heteroatoms. The number of pyridine rings is 1. The molecule has 2 fully saturated rings. The number of benzene rings is 1. The molecule has 0 N–H and O–H groups in total. The highest BCUT2D eigenvalue weighted by atomic mass is 19.1. The monoisotopic (exact) mass is 413 g/mol. The van der Waals surface area contributed by atoms with E-state index in [1.165, 1.54) is 24.3 Å². The molecular weight excluding hydrogens is 389 g/mol. The number of ether oxygens (including phenoxy) is 2. The zero-order valence-corrected chi connectivity index (χ0v) is 16.6. The van der Waals surface area contributed by atoms with Gasteiger partial charge in [-0.3, -0.25) is 9.59 Å². The Balaban J connectivity index is 1.28. The number of carbonyl (C=O) groups excluding carboxylic acids is 2. The summed E-state index contributed by atoms with van der Waals surface area (Å²) in [4.78, 5) is 32.8. The standard InChI is InChI=1S/C22H24FN3O4/c23-18-4-1-16(2-5-18)21(27)25-9-7-19(8-10-25)30-20-6-3-17(15-24-20)22(28)26-11-13-29-14-12-26/h1-6,15,19H,7-14H2. The van der Waals surface area contributed by atoms with Crippen LogP contribution in [0.5, 0.6) is 5.88 Å². The number of amides is 2. The van der Waals surface area contributed by atoms with Gasteiger partial charge in [0.15, 0.2) is 0 Å². The summed E-state index contributed by atoms with van der Waals surface area (Å²) in [6, 6.07) is 9.04. The minimum atomic E-state index is -0.358. The minimum absolute atomic E-state index is 0.0458. The number of halogens is 1. The maximum Gasteiger partial charge on any atom is 0.255 e. The van der Waals surface area contributed by atoms with Crippen molar-refractivity contribution in [3.63, 3.8) is 0 Å². The van der Waals surface area contributed by atoms with Crippen molar-refractivity contribution in [3.8, 4) is 5.88 Å². The summed E-state index contributed by atoms with van der Waals surface area (Å²) in [5.41, 5.74) is 1.02. The summed E-state index contributed by atoms with van der Waals surface area (Å²) < 4.78 is 24.3. The Kier molecular flexibility index (Phi) is 6.23. The normalized spacial score (nSPS) is 17.6. The lowest BCUT2D eigenvalue weighted by molar-refractivity contribution is 0.0302. The van der Waals surface area contributed by atoms with Gasteiger partial charge in [-0.2, -0.15) is 0 Å². The maximum absolute atomic E-state index is 13.0. The number of nitrogens with zero attached hydrogens (tertiary/aromatic N) is 3. The van der Waals surface area contributed by atoms with Crippen LogP contribution in [0.2, 0.25) is 0 Å². The Morgan fingerprint density at radius 3 is 2.13 bits per heavy atom. The van der Waals surface area contributed by atoms with Gasteiger partial charge in [-0.25, -0.2) is 9.37 Å². The second-order valence-corrected chi connectivity index (χ2v) is 7.41. The first-order valence-corrected chi connectivity index (χ1v) is 10.1. The van der Waals surface area contributed by atoms with Gasteiger partial charge >= 0.3 is 0 Å². The van der Waals surface area contributed by atoms with Crippen LogP contribution >= 0.6 is 0 Å². The lowest BCUT2D eigenvalue weighted by Crippen LogP contribution is -2.42. The van der Waals surface area contributed by atoms with Crippen molar-refractivity contribution < 1.29 is 23.5 Å². The van der Waals surface area contributed by atoms with Gasteiger partial charge in [0.1, 0.15) is 11.9 Å². The second-order valence-electron chi connectivity index (χ2n) is 7.41. The Morgan fingerprint density at radius 2 is 1.50 bits per heavy atom. The SMILES string of the molecule is O=C(c1ccc(OC2CCN(C(=O)c3ccc(F)cc3)CC2)nc1)N1CCOCC1. The molecule has 2 aliphatic rings. The fourth-order valence-corrected chi connectivity index (χ4v) is 3.65. The van der Waals surface area contributed by atoms with Crippen LogP contribution in [0.3, 0.4) is 0 Å². The van der Waals surface area contributed by atoms with E-state index in [1.807, 2.05) is 0 Å². The predicted octanol–water partition coefficient (Wildman–Crippen LogP) is 2.38. The zero-order valence-electron chi connectivity index (χ0n) is 16.6. The van der Waals surface area contributed by atoms with Crippen molar-refractivity contribution in [2.45, 2.75) is 18.9 Å².